The third-order valence-electron chi connectivity index (χ3n) is 4.16. The van der Waals surface area contributed by atoms with Crippen LogP contribution in [0.1, 0.15) is 38.3 Å². The maximum atomic E-state index is 11.9. The minimum absolute atomic E-state index is 0.113. The molecule has 2 aromatic heterocycles. The molecule has 1 amide bonds. The minimum atomic E-state index is 0.113. The van der Waals surface area contributed by atoms with Gasteiger partial charge in [0.05, 0.1) is 11.7 Å². The Kier molecular flexibility index (Phi) is 4.91. The minimum Gasteiger partial charge on any atom is -0.356 e. The predicted molar refractivity (Wildman–Crippen MR) is 94.5 cm³/mol. The molecular formula is C19H23N3O. The van der Waals surface area contributed by atoms with Gasteiger partial charge < -0.3 is 10.3 Å². The lowest BCUT2D eigenvalue weighted by molar-refractivity contribution is -0.121. The van der Waals surface area contributed by atoms with Crippen molar-refractivity contribution in [3.63, 3.8) is 0 Å². The van der Waals surface area contributed by atoms with Gasteiger partial charge in [-0.1, -0.05) is 38.0 Å². The third-order valence-corrected chi connectivity index (χ3v) is 4.16. The van der Waals surface area contributed by atoms with E-state index in [9.17, 15) is 4.79 Å². The first-order valence-electron chi connectivity index (χ1n) is 8.40. The van der Waals surface area contributed by atoms with Crippen molar-refractivity contribution in [2.45, 2.75) is 39.0 Å². The summed E-state index contributed by atoms with van der Waals surface area (Å²) in [4.78, 5) is 19.7. The van der Waals surface area contributed by atoms with Crippen LogP contribution in [0.5, 0.6) is 0 Å². The quantitative estimate of drug-likeness (QED) is 0.649. The van der Waals surface area contributed by atoms with Crippen LogP contribution >= 0.6 is 0 Å². The number of aryl methyl sites for hydroxylation is 1. The number of amides is 1. The normalized spacial score (nSPS) is 11.2. The number of fused-ring (bicyclic) bond motifs is 3. The molecule has 3 rings (SSSR count). The lowest BCUT2D eigenvalue weighted by Gasteiger charge is -2.04. The summed E-state index contributed by atoms with van der Waals surface area (Å²) in [5.74, 6) is 0.113. The lowest BCUT2D eigenvalue weighted by atomic mass is 10.1. The van der Waals surface area contributed by atoms with E-state index in [0.717, 1.165) is 29.7 Å². The molecule has 0 aliphatic heterocycles. The summed E-state index contributed by atoms with van der Waals surface area (Å²) in [5, 5.41) is 5.36. The zero-order valence-corrected chi connectivity index (χ0v) is 13.6. The summed E-state index contributed by atoms with van der Waals surface area (Å²) in [6.07, 6.45) is 6.43. The second kappa shape index (κ2) is 7.27. The number of pyridine rings is 1. The van der Waals surface area contributed by atoms with Gasteiger partial charge in [0, 0.05) is 34.9 Å². The van der Waals surface area contributed by atoms with E-state index in [1.165, 1.54) is 23.6 Å². The highest BCUT2D eigenvalue weighted by molar-refractivity contribution is 6.06. The number of carbonyl (C=O) groups is 1. The van der Waals surface area contributed by atoms with Gasteiger partial charge in [0.25, 0.3) is 0 Å². The van der Waals surface area contributed by atoms with Crippen molar-refractivity contribution in [1.29, 1.82) is 0 Å². The molecule has 2 heterocycles. The molecule has 1 aromatic carbocycles. The summed E-state index contributed by atoms with van der Waals surface area (Å²) < 4.78 is 0. The van der Waals surface area contributed by atoms with Crippen LogP contribution in [0.15, 0.2) is 36.5 Å². The number of hydrogen-bond donors (Lipinski definition) is 2. The van der Waals surface area contributed by atoms with Gasteiger partial charge in [0.2, 0.25) is 5.91 Å². The van der Waals surface area contributed by atoms with Crippen LogP contribution in [0.4, 0.5) is 0 Å². The molecule has 0 fully saturated rings. The monoisotopic (exact) mass is 309 g/mol. The van der Waals surface area contributed by atoms with Crippen LogP contribution in [0.3, 0.4) is 0 Å². The molecule has 0 saturated carbocycles. The van der Waals surface area contributed by atoms with E-state index < -0.39 is 0 Å². The Balaban J connectivity index is 1.64. The van der Waals surface area contributed by atoms with E-state index in [4.69, 9.17) is 0 Å². The zero-order chi connectivity index (χ0) is 16.1. The number of nitrogens with one attached hydrogen (secondary N) is 2. The van der Waals surface area contributed by atoms with E-state index in [1.54, 1.807) is 0 Å². The Morgan fingerprint density at radius 3 is 2.91 bits per heavy atom. The van der Waals surface area contributed by atoms with Crippen molar-refractivity contribution < 1.29 is 4.79 Å². The Morgan fingerprint density at radius 2 is 2.04 bits per heavy atom. The van der Waals surface area contributed by atoms with E-state index >= 15 is 0 Å². The van der Waals surface area contributed by atoms with Gasteiger partial charge in [-0.3, -0.25) is 9.78 Å². The molecule has 2 N–H and O–H groups in total. The molecule has 0 saturated heterocycles. The number of hydrogen-bond acceptors (Lipinski definition) is 2. The van der Waals surface area contributed by atoms with Gasteiger partial charge in [-0.05, 0) is 25.0 Å². The molecule has 0 aliphatic rings. The van der Waals surface area contributed by atoms with E-state index in [0.29, 0.717) is 12.8 Å². The largest absolute Gasteiger partial charge is 0.356 e. The summed E-state index contributed by atoms with van der Waals surface area (Å²) in [6, 6.07) is 10.3. The van der Waals surface area contributed by atoms with E-state index in [-0.39, 0.29) is 5.91 Å². The second-order valence-electron chi connectivity index (χ2n) is 5.95. The molecule has 120 valence electrons. The molecule has 4 heteroatoms. The van der Waals surface area contributed by atoms with Crippen molar-refractivity contribution in [2.24, 2.45) is 0 Å². The van der Waals surface area contributed by atoms with Gasteiger partial charge in [-0.15, -0.1) is 0 Å². The van der Waals surface area contributed by atoms with Crippen molar-refractivity contribution in [3.05, 3.63) is 42.2 Å². The van der Waals surface area contributed by atoms with Crippen LogP contribution in [0.25, 0.3) is 21.8 Å². The van der Waals surface area contributed by atoms with Gasteiger partial charge in [-0.2, -0.15) is 0 Å². The maximum absolute atomic E-state index is 11.9. The first-order valence-corrected chi connectivity index (χ1v) is 8.40. The molecule has 23 heavy (non-hydrogen) atoms. The van der Waals surface area contributed by atoms with Crippen LogP contribution in [0, 0.1) is 0 Å². The summed E-state index contributed by atoms with van der Waals surface area (Å²) in [7, 11) is 0. The standard InChI is InChI=1S/C19H23N3O/c1-2-3-6-11-20-19(23)10-9-14-12-16-15-7-4-5-8-17(15)22-18(16)13-21-14/h4-5,7-8,12-13,22H,2-3,6,9-11H2,1H3,(H,20,23). The van der Waals surface area contributed by atoms with Crippen molar-refractivity contribution in [3.8, 4) is 0 Å². The maximum Gasteiger partial charge on any atom is 0.220 e. The Labute approximate surface area is 136 Å². The van der Waals surface area contributed by atoms with Gasteiger partial charge >= 0.3 is 0 Å². The number of H-pyrrole nitrogens is 1. The van der Waals surface area contributed by atoms with Gasteiger partial charge in [-0.25, -0.2) is 0 Å². The van der Waals surface area contributed by atoms with Crippen LogP contribution in [-0.4, -0.2) is 22.4 Å². The number of para-hydroxylation sites is 1. The Hall–Kier alpha value is -2.36. The highest BCUT2D eigenvalue weighted by atomic mass is 16.1. The van der Waals surface area contributed by atoms with Gasteiger partial charge in [0.15, 0.2) is 0 Å². The smallest absolute Gasteiger partial charge is 0.220 e. The molecule has 0 radical (unpaired) electrons. The third kappa shape index (κ3) is 3.70. The topological polar surface area (TPSA) is 57.8 Å². The van der Waals surface area contributed by atoms with Crippen LogP contribution in [0.2, 0.25) is 0 Å². The van der Waals surface area contributed by atoms with Crippen molar-refractivity contribution >= 4 is 27.7 Å². The molecule has 3 aromatic rings. The Bertz CT molecular complexity index is 807. The number of aromatic amines is 1. The number of benzene rings is 1. The lowest BCUT2D eigenvalue weighted by Crippen LogP contribution is -2.24. The van der Waals surface area contributed by atoms with Gasteiger partial charge in [0.1, 0.15) is 0 Å². The number of rotatable bonds is 7. The summed E-state index contributed by atoms with van der Waals surface area (Å²) >= 11 is 0. The summed E-state index contributed by atoms with van der Waals surface area (Å²) in [6.45, 7) is 2.94. The second-order valence-corrected chi connectivity index (χ2v) is 5.95. The molecule has 0 bridgehead atoms. The molecule has 0 spiro atoms. The fraction of sp³-hybridized carbons (Fsp3) is 0.368. The first-order chi connectivity index (χ1) is 11.3. The zero-order valence-electron chi connectivity index (χ0n) is 13.6. The molecule has 4 nitrogen and oxygen atoms in total. The van der Waals surface area contributed by atoms with E-state index in [1.807, 2.05) is 18.3 Å². The van der Waals surface area contributed by atoms with Crippen LogP contribution < -0.4 is 5.32 Å². The number of unbranched alkanes of at least 4 members (excludes halogenated alkanes) is 2. The molecule has 0 atom stereocenters. The molecule has 0 unspecified atom stereocenters. The van der Waals surface area contributed by atoms with Crippen LogP contribution in [-0.2, 0) is 11.2 Å². The average Bonchev–Trinajstić information content (AvgIpc) is 2.95. The van der Waals surface area contributed by atoms with Crippen molar-refractivity contribution in [1.82, 2.24) is 15.3 Å². The average molecular weight is 309 g/mol. The highest BCUT2D eigenvalue weighted by Crippen LogP contribution is 2.25. The van der Waals surface area contributed by atoms with E-state index in [2.05, 4.69) is 40.4 Å². The highest BCUT2D eigenvalue weighted by Gasteiger charge is 2.07. The molecular weight excluding hydrogens is 286 g/mol. The molecule has 0 aliphatic carbocycles. The van der Waals surface area contributed by atoms with Crippen molar-refractivity contribution in [2.75, 3.05) is 6.54 Å². The fourth-order valence-corrected chi connectivity index (χ4v) is 2.86. The fourth-order valence-electron chi connectivity index (χ4n) is 2.86. The summed E-state index contributed by atoms with van der Waals surface area (Å²) in [5.41, 5.74) is 3.13. The predicted octanol–water partition coefficient (Wildman–Crippen LogP) is 3.96. The number of carbonyl (C=O) groups excluding carboxylic acids is 1. The first kappa shape index (κ1) is 15.5. The SMILES string of the molecule is CCCCCNC(=O)CCc1cc2c(cn1)[nH]c1ccccc12. The number of aromatic nitrogens is 2. The number of nitrogens with zero attached hydrogens (tertiary/aromatic N) is 1. The Morgan fingerprint density at radius 1 is 1.17 bits per heavy atom.